The van der Waals surface area contributed by atoms with Gasteiger partial charge in [0.2, 0.25) is 0 Å². The van der Waals surface area contributed by atoms with Crippen LogP contribution in [0.4, 0.5) is 0 Å². The minimum atomic E-state index is -1.10. The van der Waals surface area contributed by atoms with Crippen molar-refractivity contribution in [3.05, 3.63) is 12.2 Å². The normalized spacial score (nSPS) is 41.6. The molecule has 0 aromatic rings. The van der Waals surface area contributed by atoms with E-state index in [2.05, 4.69) is 18.4 Å². The van der Waals surface area contributed by atoms with Gasteiger partial charge in [-0.05, 0) is 55.4 Å². The number of Topliss-reactive ketones (excluding diaryl/α,β-unsaturated/α-hetero) is 2. The molecule has 8 heteroatoms. The summed E-state index contributed by atoms with van der Waals surface area (Å²) in [4.78, 5) is 55.1. The molecule has 37 heavy (non-hydrogen) atoms. The van der Waals surface area contributed by atoms with E-state index in [-0.39, 0.29) is 54.5 Å². The Morgan fingerprint density at radius 1 is 1.05 bits per heavy atom. The van der Waals surface area contributed by atoms with Gasteiger partial charge in [-0.1, -0.05) is 19.9 Å². The van der Waals surface area contributed by atoms with Crippen LogP contribution >= 0.6 is 0 Å². The van der Waals surface area contributed by atoms with Crippen molar-refractivity contribution in [2.75, 3.05) is 46.1 Å². The average molecular weight is 516 g/mol. The lowest BCUT2D eigenvalue weighted by molar-refractivity contribution is -0.222. The molecule has 204 valence electrons. The molecule has 0 radical (unpaired) electrons. The molecule has 1 heterocycles. The third-order valence-electron chi connectivity index (χ3n) is 10.5. The molecular formula is C29H41NO7. The first-order valence-electron chi connectivity index (χ1n) is 13.9. The molecule has 8 nitrogen and oxygen atoms in total. The summed E-state index contributed by atoms with van der Waals surface area (Å²) in [6, 6.07) is 0. The molecule has 0 N–H and O–H groups in total. The summed E-state index contributed by atoms with van der Waals surface area (Å²) < 4.78 is 17.0. The second-order valence-corrected chi connectivity index (χ2v) is 12.5. The van der Waals surface area contributed by atoms with Crippen LogP contribution in [0, 0.1) is 39.9 Å². The molecule has 7 atom stereocenters. The molecule has 5 saturated carbocycles. The van der Waals surface area contributed by atoms with E-state index in [1.54, 1.807) is 0 Å². The van der Waals surface area contributed by atoms with Crippen LogP contribution < -0.4 is 0 Å². The van der Waals surface area contributed by atoms with Gasteiger partial charge in [-0.3, -0.25) is 24.1 Å². The van der Waals surface area contributed by atoms with Crippen LogP contribution in [-0.4, -0.2) is 74.5 Å². The summed E-state index contributed by atoms with van der Waals surface area (Å²) >= 11 is 0. The van der Waals surface area contributed by atoms with Crippen LogP contribution in [0.3, 0.4) is 0 Å². The molecule has 3 unspecified atom stereocenters. The summed E-state index contributed by atoms with van der Waals surface area (Å²) in [6.45, 7) is 12.7. The number of nitrogens with zero attached hydrogens (tertiary/aromatic N) is 1. The smallest absolute Gasteiger partial charge is 0.302 e. The standard InChI is InChI=1S/C29H41NO7/c1-18-21-6-9-29(25(18)33)23(14-21)28(17-37-20(3)32)8-5-7-27(4,16-36-19(2)31)24(28)22(26(29)34)15-30-10-12-35-13-11-30/h21-24H,1,5-17H2,2-4H3/t21-,22+,23?,24?,27+,28-,29?/m1/s1. The molecule has 2 bridgehead atoms. The summed E-state index contributed by atoms with van der Waals surface area (Å²) in [7, 11) is 0. The van der Waals surface area contributed by atoms with Crippen molar-refractivity contribution < 1.29 is 33.4 Å². The Hall–Kier alpha value is -2.06. The Morgan fingerprint density at radius 3 is 2.41 bits per heavy atom. The van der Waals surface area contributed by atoms with Crippen molar-refractivity contribution in [2.45, 2.75) is 59.3 Å². The SMILES string of the molecule is C=C1C(=O)C23CC[C@@H]1CC2[C@]1(COC(C)=O)CCC[C@@](C)(COC(C)=O)C1[C@H](CN1CCOCC1)C3=O. The molecule has 6 rings (SSSR count). The van der Waals surface area contributed by atoms with Crippen molar-refractivity contribution in [1.29, 1.82) is 0 Å². The summed E-state index contributed by atoms with van der Waals surface area (Å²) in [5.41, 5.74) is -1.52. The van der Waals surface area contributed by atoms with Crippen molar-refractivity contribution in [2.24, 2.45) is 39.9 Å². The molecule has 6 fully saturated rings. The van der Waals surface area contributed by atoms with Gasteiger partial charge in [0.05, 0.1) is 31.8 Å². The van der Waals surface area contributed by atoms with Crippen molar-refractivity contribution >= 4 is 23.5 Å². The Balaban J connectivity index is 1.66. The quantitative estimate of drug-likeness (QED) is 0.303. The Labute approximate surface area is 219 Å². The zero-order valence-electron chi connectivity index (χ0n) is 22.5. The summed E-state index contributed by atoms with van der Waals surface area (Å²) in [5.74, 6) is -1.49. The van der Waals surface area contributed by atoms with E-state index >= 15 is 0 Å². The van der Waals surface area contributed by atoms with Crippen molar-refractivity contribution in [3.8, 4) is 0 Å². The molecule has 0 amide bonds. The molecule has 1 spiro atoms. The number of hydrogen-bond donors (Lipinski definition) is 0. The molecule has 6 aliphatic rings. The monoisotopic (exact) mass is 515 g/mol. The number of carbonyl (C=O) groups is 4. The fraction of sp³-hybridized carbons (Fsp3) is 0.793. The predicted molar refractivity (Wildman–Crippen MR) is 134 cm³/mol. The molecule has 1 saturated heterocycles. The Morgan fingerprint density at radius 2 is 1.73 bits per heavy atom. The second-order valence-electron chi connectivity index (χ2n) is 12.5. The van der Waals surface area contributed by atoms with Crippen molar-refractivity contribution in [1.82, 2.24) is 4.90 Å². The number of carbonyl (C=O) groups excluding carboxylic acids is 4. The van der Waals surface area contributed by atoms with Gasteiger partial charge < -0.3 is 14.2 Å². The van der Waals surface area contributed by atoms with Crippen LogP contribution in [0.2, 0.25) is 0 Å². The third kappa shape index (κ3) is 4.10. The van der Waals surface area contributed by atoms with Crippen molar-refractivity contribution in [3.63, 3.8) is 0 Å². The highest BCUT2D eigenvalue weighted by molar-refractivity contribution is 6.17. The van der Waals surface area contributed by atoms with Crippen LogP contribution in [-0.2, 0) is 33.4 Å². The topological polar surface area (TPSA) is 99.2 Å². The van der Waals surface area contributed by atoms with Crippen LogP contribution in [0.1, 0.15) is 59.3 Å². The average Bonchev–Trinajstić information content (AvgIpc) is 2.87. The van der Waals surface area contributed by atoms with Gasteiger partial charge in [-0.2, -0.15) is 0 Å². The number of ketones is 2. The molecule has 0 aromatic heterocycles. The van der Waals surface area contributed by atoms with Crippen LogP contribution in [0.25, 0.3) is 0 Å². The molecular weight excluding hydrogens is 474 g/mol. The zero-order valence-corrected chi connectivity index (χ0v) is 22.5. The van der Waals surface area contributed by atoms with E-state index in [0.29, 0.717) is 31.8 Å². The van der Waals surface area contributed by atoms with Crippen LogP contribution in [0.15, 0.2) is 12.2 Å². The first-order chi connectivity index (χ1) is 17.5. The lowest BCUT2D eigenvalue weighted by Gasteiger charge is -2.68. The number of ether oxygens (including phenoxy) is 3. The highest BCUT2D eigenvalue weighted by Crippen LogP contribution is 2.71. The van der Waals surface area contributed by atoms with Gasteiger partial charge in [0, 0.05) is 50.2 Å². The second kappa shape index (κ2) is 9.60. The number of fused-ring (bicyclic) bond motifs is 3. The maximum Gasteiger partial charge on any atom is 0.302 e. The Kier molecular flexibility index (Phi) is 6.89. The van der Waals surface area contributed by atoms with Crippen LogP contribution in [0.5, 0.6) is 0 Å². The fourth-order valence-electron chi connectivity index (χ4n) is 9.14. The van der Waals surface area contributed by atoms with Gasteiger partial charge in [-0.15, -0.1) is 0 Å². The number of rotatable bonds is 6. The fourth-order valence-corrected chi connectivity index (χ4v) is 9.14. The van der Waals surface area contributed by atoms with E-state index in [4.69, 9.17) is 14.2 Å². The maximum atomic E-state index is 14.8. The highest BCUT2D eigenvalue weighted by Gasteiger charge is 2.74. The van der Waals surface area contributed by atoms with Gasteiger partial charge in [0.15, 0.2) is 11.6 Å². The van der Waals surface area contributed by atoms with E-state index < -0.39 is 22.2 Å². The molecule has 0 aromatic carbocycles. The van der Waals surface area contributed by atoms with E-state index in [1.165, 1.54) is 13.8 Å². The highest BCUT2D eigenvalue weighted by atomic mass is 16.5. The van der Waals surface area contributed by atoms with Gasteiger partial charge in [0.25, 0.3) is 0 Å². The number of allylic oxidation sites excluding steroid dienone is 1. The van der Waals surface area contributed by atoms with E-state index in [9.17, 15) is 19.2 Å². The zero-order chi connectivity index (χ0) is 26.6. The Bertz CT molecular complexity index is 1000. The lowest BCUT2D eigenvalue weighted by atomic mass is 9.34. The van der Waals surface area contributed by atoms with Gasteiger partial charge in [-0.25, -0.2) is 0 Å². The first-order valence-corrected chi connectivity index (χ1v) is 13.9. The lowest BCUT2D eigenvalue weighted by Crippen LogP contribution is -2.73. The van der Waals surface area contributed by atoms with E-state index in [0.717, 1.165) is 45.2 Å². The maximum absolute atomic E-state index is 14.8. The minimum Gasteiger partial charge on any atom is -0.465 e. The minimum absolute atomic E-state index is 0.0349. The van der Waals surface area contributed by atoms with Gasteiger partial charge >= 0.3 is 11.9 Å². The summed E-state index contributed by atoms with van der Waals surface area (Å²) in [6.07, 6.45) is 4.53. The summed E-state index contributed by atoms with van der Waals surface area (Å²) in [5, 5.41) is 0. The molecule has 1 aliphatic heterocycles. The number of morpholine rings is 1. The van der Waals surface area contributed by atoms with E-state index in [1.807, 2.05) is 0 Å². The third-order valence-corrected chi connectivity index (χ3v) is 10.5. The number of esters is 2. The molecule has 5 aliphatic carbocycles. The largest absolute Gasteiger partial charge is 0.465 e. The van der Waals surface area contributed by atoms with Gasteiger partial charge in [0.1, 0.15) is 0 Å². The predicted octanol–water partition coefficient (Wildman–Crippen LogP) is 2.98. The number of hydrogen-bond acceptors (Lipinski definition) is 8. The first kappa shape index (κ1) is 26.5.